The Morgan fingerprint density at radius 2 is 1.55 bits per heavy atom. The number of rotatable bonds is 15. The van der Waals surface area contributed by atoms with Gasteiger partial charge in [0.2, 0.25) is 0 Å². The molecule has 33 heavy (non-hydrogen) atoms. The Kier molecular flexibility index (Phi) is 15.5. The SMILES string of the molecule is CCCCCCCCCCOC(=O)C[N+]1(C/C=C(/C)Cc2ccc(C)cc2)CCCCC1.[Cl-]. The van der Waals surface area contributed by atoms with Crippen LogP contribution < -0.4 is 12.4 Å². The van der Waals surface area contributed by atoms with E-state index in [9.17, 15) is 4.79 Å². The Balaban J connectivity index is 0.00000544. The molecule has 0 amide bonds. The number of halogens is 1. The minimum absolute atomic E-state index is 0. The molecule has 1 aromatic carbocycles. The van der Waals surface area contributed by atoms with Crippen molar-refractivity contribution in [2.45, 2.75) is 97.8 Å². The number of hydrogen-bond acceptors (Lipinski definition) is 2. The molecule has 0 unspecified atom stereocenters. The number of carbonyl (C=O) groups excluding carboxylic acids is 1. The van der Waals surface area contributed by atoms with Gasteiger partial charge in [0.1, 0.15) is 0 Å². The number of esters is 1. The average molecular weight is 478 g/mol. The lowest BCUT2D eigenvalue weighted by molar-refractivity contribution is -0.920. The number of benzene rings is 1. The maximum atomic E-state index is 12.6. The lowest BCUT2D eigenvalue weighted by atomic mass is 10.0. The molecule has 2 rings (SSSR count). The van der Waals surface area contributed by atoms with Crippen molar-refractivity contribution >= 4 is 5.97 Å². The summed E-state index contributed by atoms with van der Waals surface area (Å²) in [6.07, 6.45) is 17.3. The van der Waals surface area contributed by atoms with Gasteiger partial charge in [-0.25, -0.2) is 4.79 Å². The minimum atomic E-state index is -0.000525. The molecule has 4 heteroatoms. The van der Waals surface area contributed by atoms with Crippen LogP contribution in [0.1, 0.15) is 95.6 Å². The van der Waals surface area contributed by atoms with Gasteiger partial charge in [-0.1, -0.05) is 87.3 Å². The van der Waals surface area contributed by atoms with Crippen LogP contribution in [-0.4, -0.2) is 43.2 Å². The van der Waals surface area contributed by atoms with Crippen LogP contribution in [-0.2, 0) is 16.0 Å². The molecular formula is C29H48ClNO2. The maximum Gasteiger partial charge on any atom is 0.361 e. The third kappa shape index (κ3) is 12.6. The molecule has 188 valence electrons. The van der Waals surface area contributed by atoms with Crippen molar-refractivity contribution in [3.63, 3.8) is 0 Å². The van der Waals surface area contributed by atoms with Crippen LogP contribution in [0.3, 0.4) is 0 Å². The van der Waals surface area contributed by atoms with E-state index in [4.69, 9.17) is 4.74 Å². The number of piperidine rings is 1. The van der Waals surface area contributed by atoms with Crippen LogP contribution in [0.4, 0.5) is 0 Å². The number of carbonyl (C=O) groups is 1. The molecule has 0 bridgehead atoms. The summed E-state index contributed by atoms with van der Waals surface area (Å²) in [6, 6.07) is 8.81. The predicted molar refractivity (Wildman–Crippen MR) is 136 cm³/mol. The zero-order valence-corrected chi connectivity index (χ0v) is 22.3. The predicted octanol–water partition coefficient (Wildman–Crippen LogP) is 4.17. The van der Waals surface area contributed by atoms with E-state index < -0.39 is 0 Å². The molecule has 3 nitrogen and oxygen atoms in total. The topological polar surface area (TPSA) is 26.3 Å². The van der Waals surface area contributed by atoms with Crippen LogP contribution >= 0.6 is 0 Å². The number of unbranched alkanes of at least 4 members (excludes halogenated alkanes) is 7. The fourth-order valence-electron chi connectivity index (χ4n) is 4.78. The highest BCUT2D eigenvalue weighted by molar-refractivity contribution is 5.70. The Hall–Kier alpha value is -1.32. The molecule has 0 atom stereocenters. The standard InChI is InChI=1S/C29H48NO2.ClH/c1-4-5-6-7-8-9-10-14-23-32-29(31)25-30(20-12-11-13-21-30)22-19-27(3)24-28-17-15-26(2)16-18-28;/h15-19H,4-14,20-25H2,1-3H3;1H/q+1;/p-1/b27-19-;. The summed E-state index contributed by atoms with van der Waals surface area (Å²) in [5.41, 5.74) is 4.06. The number of likely N-dealkylation sites (tertiary alicyclic amines) is 1. The summed E-state index contributed by atoms with van der Waals surface area (Å²) in [5.74, 6) is -0.000525. The van der Waals surface area contributed by atoms with E-state index in [1.807, 2.05) is 0 Å². The summed E-state index contributed by atoms with van der Waals surface area (Å²) >= 11 is 0. The molecule has 0 N–H and O–H groups in total. The van der Waals surface area contributed by atoms with Crippen molar-refractivity contribution in [1.82, 2.24) is 0 Å². The zero-order valence-electron chi connectivity index (χ0n) is 21.5. The third-order valence-electron chi connectivity index (χ3n) is 6.92. The van der Waals surface area contributed by atoms with Gasteiger partial charge in [0.05, 0.1) is 26.2 Å². The van der Waals surface area contributed by atoms with E-state index in [-0.39, 0.29) is 18.4 Å². The Morgan fingerprint density at radius 1 is 0.939 bits per heavy atom. The van der Waals surface area contributed by atoms with Gasteiger partial charge in [-0.3, -0.25) is 0 Å². The van der Waals surface area contributed by atoms with Crippen LogP contribution in [0.15, 0.2) is 35.9 Å². The molecule has 1 heterocycles. The summed E-state index contributed by atoms with van der Waals surface area (Å²) < 4.78 is 6.53. The first-order valence-corrected chi connectivity index (χ1v) is 13.2. The first-order chi connectivity index (χ1) is 15.5. The van der Waals surface area contributed by atoms with Gasteiger partial charge in [0, 0.05) is 0 Å². The smallest absolute Gasteiger partial charge is 0.361 e. The second-order valence-corrected chi connectivity index (χ2v) is 10.1. The molecule has 0 spiro atoms. The van der Waals surface area contributed by atoms with Crippen molar-refractivity contribution in [2.75, 3.05) is 32.8 Å². The highest BCUT2D eigenvalue weighted by Gasteiger charge is 2.32. The zero-order chi connectivity index (χ0) is 23.1. The van der Waals surface area contributed by atoms with E-state index in [1.54, 1.807) is 0 Å². The molecule has 0 radical (unpaired) electrons. The van der Waals surface area contributed by atoms with Gasteiger partial charge in [0.25, 0.3) is 0 Å². The molecule has 1 saturated heterocycles. The van der Waals surface area contributed by atoms with Crippen molar-refractivity contribution in [1.29, 1.82) is 0 Å². The highest BCUT2D eigenvalue weighted by Crippen LogP contribution is 2.20. The van der Waals surface area contributed by atoms with Crippen LogP contribution in [0.5, 0.6) is 0 Å². The normalized spacial score (nSPS) is 15.7. The molecule has 1 aromatic rings. The first kappa shape index (κ1) is 29.7. The largest absolute Gasteiger partial charge is 1.00 e. The Morgan fingerprint density at radius 3 is 2.18 bits per heavy atom. The average Bonchev–Trinajstić information content (AvgIpc) is 2.79. The lowest BCUT2D eigenvalue weighted by Crippen LogP contribution is -3.00. The van der Waals surface area contributed by atoms with Gasteiger partial charge in [-0.2, -0.15) is 0 Å². The Bertz CT molecular complexity index is 677. The van der Waals surface area contributed by atoms with E-state index in [0.29, 0.717) is 13.2 Å². The van der Waals surface area contributed by atoms with Crippen LogP contribution in [0.25, 0.3) is 0 Å². The highest BCUT2D eigenvalue weighted by atomic mass is 35.5. The minimum Gasteiger partial charge on any atom is -1.00 e. The third-order valence-corrected chi connectivity index (χ3v) is 6.92. The maximum absolute atomic E-state index is 12.6. The van der Waals surface area contributed by atoms with E-state index in [1.165, 1.54) is 80.9 Å². The van der Waals surface area contributed by atoms with Gasteiger partial charge in [0.15, 0.2) is 6.54 Å². The van der Waals surface area contributed by atoms with E-state index in [0.717, 1.165) is 37.0 Å². The van der Waals surface area contributed by atoms with Gasteiger partial charge in [-0.05, 0) is 57.6 Å². The van der Waals surface area contributed by atoms with Gasteiger partial charge >= 0.3 is 5.97 Å². The fraction of sp³-hybridized carbons (Fsp3) is 0.690. The van der Waals surface area contributed by atoms with E-state index >= 15 is 0 Å². The van der Waals surface area contributed by atoms with Gasteiger partial charge < -0.3 is 21.6 Å². The Labute approximate surface area is 210 Å². The first-order valence-electron chi connectivity index (χ1n) is 13.2. The van der Waals surface area contributed by atoms with Crippen LogP contribution in [0.2, 0.25) is 0 Å². The number of aryl methyl sites for hydroxylation is 1. The molecule has 1 fully saturated rings. The number of allylic oxidation sites excluding steroid dienone is 1. The van der Waals surface area contributed by atoms with Crippen molar-refractivity contribution in [3.8, 4) is 0 Å². The van der Waals surface area contributed by atoms with Crippen molar-refractivity contribution in [3.05, 3.63) is 47.0 Å². The molecule has 0 saturated carbocycles. The summed E-state index contributed by atoms with van der Waals surface area (Å²) in [4.78, 5) is 12.6. The van der Waals surface area contributed by atoms with Gasteiger partial charge in [-0.15, -0.1) is 0 Å². The van der Waals surface area contributed by atoms with Crippen molar-refractivity contribution < 1.29 is 26.4 Å². The number of nitrogens with zero attached hydrogens (tertiary/aromatic N) is 1. The molecule has 0 aliphatic carbocycles. The molecule has 0 aromatic heterocycles. The quantitative estimate of drug-likeness (QED) is 0.164. The number of ether oxygens (including phenoxy) is 1. The summed E-state index contributed by atoms with van der Waals surface area (Å²) in [7, 11) is 0. The monoisotopic (exact) mass is 477 g/mol. The lowest BCUT2D eigenvalue weighted by Gasteiger charge is -2.40. The van der Waals surface area contributed by atoms with E-state index in [2.05, 4.69) is 51.1 Å². The number of hydrogen-bond donors (Lipinski definition) is 0. The summed E-state index contributed by atoms with van der Waals surface area (Å²) in [6.45, 7) is 10.9. The molecule has 1 aliphatic heterocycles. The van der Waals surface area contributed by atoms with Crippen molar-refractivity contribution in [2.24, 2.45) is 0 Å². The number of quaternary nitrogens is 1. The summed E-state index contributed by atoms with van der Waals surface area (Å²) in [5, 5.41) is 0. The second-order valence-electron chi connectivity index (χ2n) is 10.1. The van der Waals surface area contributed by atoms with Crippen LogP contribution in [0, 0.1) is 6.92 Å². The molecular weight excluding hydrogens is 430 g/mol. The molecule has 1 aliphatic rings. The second kappa shape index (κ2) is 17.2. The fourth-order valence-corrected chi connectivity index (χ4v) is 4.78.